The molecule has 0 unspecified atom stereocenters. The van der Waals surface area contributed by atoms with Gasteiger partial charge < -0.3 is 5.32 Å². The van der Waals surface area contributed by atoms with Crippen LogP contribution in [0.2, 0.25) is 0 Å². The van der Waals surface area contributed by atoms with Crippen LogP contribution in [-0.4, -0.2) is 6.54 Å². The molecule has 0 aliphatic rings. The van der Waals surface area contributed by atoms with Crippen LogP contribution in [0, 0.1) is 0 Å². The zero-order valence-corrected chi connectivity index (χ0v) is 11.9. The smallest absolute Gasteiger partial charge is 0.0205 e. The van der Waals surface area contributed by atoms with Gasteiger partial charge >= 0.3 is 0 Å². The van der Waals surface area contributed by atoms with Crippen LogP contribution >= 0.6 is 0 Å². The van der Waals surface area contributed by atoms with Crippen molar-refractivity contribution in [3.8, 4) is 11.1 Å². The second kappa shape index (κ2) is 7.10. The lowest BCUT2D eigenvalue weighted by molar-refractivity contribution is 0.675. The second-order valence-corrected chi connectivity index (χ2v) is 4.93. The van der Waals surface area contributed by atoms with Gasteiger partial charge in [-0.2, -0.15) is 0 Å². The lowest BCUT2D eigenvalue weighted by atomic mass is 10.0. The van der Waals surface area contributed by atoms with Crippen molar-refractivity contribution < 1.29 is 0 Å². The van der Waals surface area contributed by atoms with Crippen molar-refractivity contribution >= 4 is 0 Å². The second-order valence-electron chi connectivity index (χ2n) is 4.93. The van der Waals surface area contributed by atoms with Gasteiger partial charge in [-0.15, -0.1) is 0 Å². The van der Waals surface area contributed by atoms with Crippen LogP contribution in [0.3, 0.4) is 0 Å². The van der Waals surface area contributed by atoms with Crippen molar-refractivity contribution in [1.82, 2.24) is 5.32 Å². The minimum absolute atomic E-state index is 0.953. The van der Waals surface area contributed by atoms with Crippen LogP contribution in [0.5, 0.6) is 0 Å². The Morgan fingerprint density at radius 1 is 0.842 bits per heavy atom. The van der Waals surface area contributed by atoms with Crippen molar-refractivity contribution in [1.29, 1.82) is 0 Å². The highest BCUT2D eigenvalue weighted by atomic mass is 14.8. The summed E-state index contributed by atoms with van der Waals surface area (Å²) in [6, 6.07) is 17.7. The molecular formula is C18H23N. The van der Waals surface area contributed by atoms with Crippen LogP contribution in [0.25, 0.3) is 11.1 Å². The van der Waals surface area contributed by atoms with E-state index in [0.717, 1.165) is 19.5 Å². The van der Waals surface area contributed by atoms with Gasteiger partial charge in [0.25, 0.3) is 0 Å². The summed E-state index contributed by atoms with van der Waals surface area (Å²) in [6.07, 6.45) is 2.28. The fourth-order valence-corrected chi connectivity index (χ4v) is 2.20. The standard InChI is InChI=1S/C18H23N/c1-3-12-19-14-16-6-5-7-18(13-16)17-10-8-15(4-2)9-11-17/h5-11,13,19H,3-4,12,14H2,1-2H3. The monoisotopic (exact) mass is 253 g/mol. The Bertz CT molecular complexity index is 499. The van der Waals surface area contributed by atoms with Crippen LogP contribution in [0.15, 0.2) is 48.5 Å². The number of hydrogen-bond acceptors (Lipinski definition) is 1. The van der Waals surface area contributed by atoms with Gasteiger partial charge in [-0.05, 0) is 47.7 Å². The van der Waals surface area contributed by atoms with Crippen LogP contribution in [0.4, 0.5) is 0 Å². The van der Waals surface area contributed by atoms with Crippen LogP contribution in [-0.2, 0) is 13.0 Å². The zero-order chi connectivity index (χ0) is 13.5. The van der Waals surface area contributed by atoms with Gasteiger partial charge in [0.15, 0.2) is 0 Å². The first-order chi connectivity index (χ1) is 9.33. The van der Waals surface area contributed by atoms with Gasteiger partial charge in [-0.3, -0.25) is 0 Å². The fraction of sp³-hybridized carbons (Fsp3) is 0.333. The molecule has 2 rings (SSSR count). The molecule has 1 N–H and O–H groups in total. The fourth-order valence-electron chi connectivity index (χ4n) is 2.20. The van der Waals surface area contributed by atoms with Crippen LogP contribution < -0.4 is 5.32 Å². The number of aryl methyl sites for hydroxylation is 1. The molecule has 0 saturated carbocycles. The summed E-state index contributed by atoms with van der Waals surface area (Å²) in [5, 5.41) is 3.45. The molecule has 0 saturated heterocycles. The molecule has 0 aliphatic heterocycles. The predicted molar refractivity (Wildman–Crippen MR) is 83.3 cm³/mol. The molecule has 0 aliphatic carbocycles. The molecule has 19 heavy (non-hydrogen) atoms. The minimum Gasteiger partial charge on any atom is -0.313 e. The van der Waals surface area contributed by atoms with E-state index in [1.165, 1.54) is 28.7 Å². The maximum absolute atomic E-state index is 3.45. The Morgan fingerprint density at radius 3 is 2.32 bits per heavy atom. The highest BCUT2D eigenvalue weighted by Gasteiger charge is 1.99. The van der Waals surface area contributed by atoms with Gasteiger partial charge in [0.2, 0.25) is 0 Å². The Labute approximate surface area is 116 Å². The summed E-state index contributed by atoms with van der Waals surface area (Å²) in [5.74, 6) is 0. The van der Waals surface area contributed by atoms with Gasteiger partial charge in [0.1, 0.15) is 0 Å². The quantitative estimate of drug-likeness (QED) is 0.752. The van der Waals surface area contributed by atoms with Crippen molar-refractivity contribution in [2.24, 2.45) is 0 Å². The molecule has 2 aromatic rings. The molecular weight excluding hydrogens is 230 g/mol. The first-order valence-electron chi connectivity index (χ1n) is 7.22. The maximum atomic E-state index is 3.45. The van der Waals surface area contributed by atoms with E-state index in [2.05, 4.69) is 67.7 Å². The van der Waals surface area contributed by atoms with Crippen molar-refractivity contribution in [2.75, 3.05) is 6.54 Å². The summed E-state index contributed by atoms with van der Waals surface area (Å²) in [6.45, 7) is 6.41. The predicted octanol–water partition coefficient (Wildman–Crippen LogP) is 4.42. The largest absolute Gasteiger partial charge is 0.313 e. The summed E-state index contributed by atoms with van der Waals surface area (Å²) in [5.41, 5.74) is 5.35. The molecule has 0 spiro atoms. The Morgan fingerprint density at radius 2 is 1.63 bits per heavy atom. The minimum atomic E-state index is 0.953. The van der Waals surface area contributed by atoms with E-state index in [1.54, 1.807) is 0 Å². The topological polar surface area (TPSA) is 12.0 Å². The maximum Gasteiger partial charge on any atom is 0.0205 e. The van der Waals surface area contributed by atoms with E-state index in [-0.39, 0.29) is 0 Å². The average Bonchev–Trinajstić information content (AvgIpc) is 2.48. The molecule has 1 nitrogen and oxygen atoms in total. The molecule has 0 fully saturated rings. The summed E-state index contributed by atoms with van der Waals surface area (Å²) in [7, 11) is 0. The molecule has 100 valence electrons. The molecule has 0 aromatic heterocycles. The highest BCUT2D eigenvalue weighted by Crippen LogP contribution is 2.21. The highest BCUT2D eigenvalue weighted by molar-refractivity contribution is 5.64. The van der Waals surface area contributed by atoms with E-state index in [0.29, 0.717) is 0 Å². The average molecular weight is 253 g/mol. The molecule has 0 atom stereocenters. The number of benzene rings is 2. The summed E-state index contributed by atoms with van der Waals surface area (Å²) in [4.78, 5) is 0. The number of nitrogens with one attached hydrogen (secondary N) is 1. The van der Waals surface area contributed by atoms with Crippen molar-refractivity contribution in [3.63, 3.8) is 0 Å². The van der Waals surface area contributed by atoms with Gasteiger partial charge in [-0.1, -0.05) is 56.3 Å². The van der Waals surface area contributed by atoms with E-state index in [1.807, 2.05) is 0 Å². The van der Waals surface area contributed by atoms with Crippen molar-refractivity contribution in [3.05, 3.63) is 59.7 Å². The van der Waals surface area contributed by atoms with E-state index < -0.39 is 0 Å². The third-order valence-electron chi connectivity index (χ3n) is 3.38. The number of hydrogen-bond donors (Lipinski definition) is 1. The van der Waals surface area contributed by atoms with Crippen molar-refractivity contribution in [2.45, 2.75) is 33.2 Å². The van der Waals surface area contributed by atoms with E-state index in [4.69, 9.17) is 0 Å². The van der Waals surface area contributed by atoms with Gasteiger partial charge in [0.05, 0.1) is 0 Å². The molecule has 0 radical (unpaired) electrons. The van der Waals surface area contributed by atoms with Crippen LogP contribution in [0.1, 0.15) is 31.4 Å². The van der Waals surface area contributed by atoms with E-state index >= 15 is 0 Å². The van der Waals surface area contributed by atoms with E-state index in [9.17, 15) is 0 Å². The molecule has 0 heterocycles. The Hall–Kier alpha value is -1.60. The third-order valence-corrected chi connectivity index (χ3v) is 3.38. The molecule has 1 heteroatoms. The first-order valence-corrected chi connectivity index (χ1v) is 7.22. The summed E-state index contributed by atoms with van der Waals surface area (Å²) < 4.78 is 0. The zero-order valence-electron chi connectivity index (χ0n) is 11.9. The molecule has 0 amide bonds. The lowest BCUT2D eigenvalue weighted by Gasteiger charge is -2.07. The number of rotatable bonds is 6. The van der Waals surface area contributed by atoms with Gasteiger partial charge in [-0.25, -0.2) is 0 Å². The Balaban J connectivity index is 2.12. The molecule has 0 bridgehead atoms. The first kappa shape index (κ1) is 13.8. The molecule has 2 aromatic carbocycles. The lowest BCUT2D eigenvalue weighted by Crippen LogP contribution is -2.13. The summed E-state index contributed by atoms with van der Waals surface area (Å²) >= 11 is 0. The third kappa shape index (κ3) is 3.93. The Kier molecular flexibility index (Phi) is 5.17. The normalized spacial score (nSPS) is 10.6. The SMILES string of the molecule is CCCNCc1cccc(-c2ccc(CC)cc2)c1. The van der Waals surface area contributed by atoms with Gasteiger partial charge in [0, 0.05) is 6.54 Å².